The second kappa shape index (κ2) is 6.50. The van der Waals surface area contributed by atoms with Crippen molar-refractivity contribution in [1.82, 2.24) is 4.98 Å². The normalized spacial score (nSPS) is 14.7. The van der Waals surface area contributed by atoms with E-state index in [4.69, 9.17) is 11.6 Å². The molecule has 2 unspecified atom stereocenters. The number of ketones is 1. The number of halogens is 1. The van der Waals surface area contributed by atoms with Crippen molar-refractivity contribution in [3.8, 4) is 0 Å². The molecule has 7 heteroatoms. The largest absolute Gasteiger partial charge is 0.356 e. The van der Waals surface area contributed by atoms with Crippen molar-refractivity contribution in [3.05, 3.63) is 51.5 Å². The summed E-state index contributed by atoms with van der Waals surface area (Å²) in [7, 11) is 0. The van der Waals surface area contributed by atoms with E-state index in [2.05, 4.69) is 9.98 Å². The molecule has 0 spiro atoms. The van der Waals surface area contributed by atoms with Crippen LogP contribution in [0.3, 0.4) is 0 Å². The fourth-order valence-electron chi connectivity index (χ4n) is 1.95. The van der Waals surface area contributed by atoms with E-state index in [0.29, 0.717) is 10.6 Å². The molecule has 0 radical (unpaired) electrons. The molecule has 1 N–H and O–H groups in total. The summed E-state index contributed by atoms with van der Waals surface area (Å²) in [4.78, 5) is 31.6. The lowest BCUT2D eigenvalue weighted by Gasteiger charge is -2.22. The first-order valence-electron chi connectivity index (χ1n) is 6.40. The molecule has 114 valence electrons. The Labute approximate surface area is 136 Å². The molecule has 22 heavy (non-hydrogen) atoms. The van der Waals surface area contributed by atoms with Crippen molar-refractivity contribution in [2.24, 2.45) is 4.99 Å². The highest BCUT2D eigenvalue weighted by molar-refractivity contribution is 7.12. The van der Waals surface area contributed by atoms with E-state index < -0.39 is 16.9 Å². The summed E-state index contributed by atoms with van der Waals surface area (Å²) in [5, 5.41) is 8.12. The van der Waals surface area contributed by atoms with Crippen LogP contribution in [-0.2, 0) is 4.79 Å². The van der Waals surface area contributed by atoms with Crippen LogP contribution in [-0.4, -0.2) is 27.1 Å². The number of hydrogen-bond donors (Lipinski definition) is 1. The quantitative estimate of drug-likeness (QED) is 0.299. The molecule has 0 bridgehead atoms. The Morgan fingerprint density at radius 1 is 1.41 bits per heavy atom. The van der Waals surface area contributed by atoms with E-state index >= 15 is 0 Å². The van der Waals surface area contributed by atoms with Gasteiger partial charge in [0.15, 0.2) is 5.78 Å². The van der Waals surface area contributed by atoms with Crippen LogP contribution in [0.1, 0.15) is 31.9 Å². The minimum atomic E-state index is -2.43. The number of aliphatic imine (C=N–C) groups is 1. The Hall–Kier alpha value is -1.85. The van der Waals surface area contributed by atoms with Gasteiger partial charge in [-0.1, -0.05) is 41.9 Å². The van der Waals surface area contributed by atoms with Crippen LogP contribution in [0, 0.1) is 13.8 Å². The number of nitrogens with zero attached hydrogens (tertiary/aromatic N) is 2. The molecule has 2 atom stereocenters. The number of carbonyl (C=O) groups is 1. The number of Topliss-reactive ketones (excluding diaryl/α,β-unsaturated/α-hetero) is 1. The van der Waals surface area contributed by atoms with Gasteiger partial charge in [-0.3, -0.25) is 4.79 Å². The number of alkyl halides is 1. The van der Waals surface area contributed by atoms with Crippen LogP contribution >= 0.6 is 22.9 Å². The van der Waals surface area contributed by atoms with Gasteiger partial charge in [-0.15, -0.1) is 11.3 Å². The molecule has 0 aliphatic carbocycles. The highest BCUT2D eigenvalue weighted by Gasteiger charge is 2.44. The van der Waals surface area contributed by atoms with E-state index in [1.54, 1.807) is 37.3 Å². The van der Waals surface area contributed by atoms with Crippen LogP contribution < -0.4 is 0 Å². The molecule has 0 saturated carbocycles. The summed E-state index contributed by atoms with van der Waals surface area (Å²) < 4.78 is 0. The highest BCUT2D eigenvalue weighted by Crippen LogP contribution is 2.38. The zero-order chi connectivity index (χ0) is 16.3. The molecule has 2 rings (SSSR count). The van der Waals surface area contributed by atoms with Crippen LogP contribution in [0.5, 0.6) is 0 Å². The second-order valence-electron chi connectivity index (χ2n) is 4.70. The summed E-state index contributed by atoms with van der Waals surface area (Å²) in [5.74, 6) is -1.75. The summed E-state index contributed by atoms with van der Waals surface area (Å²) in [6, 6.07) is 8.35. The molecule has 1 aromatic carbocycles. The average molecular weight is 337 g/mol. The lowest BCUT2D eigenvalue weighted by atomic mass is 9.96. The first-order chi connectivity index (χ1) is 10.4. The standard InChI is InChI=1S/C15H13ClN2O3S/c1-9-10(2)22-14(18-9)12(15(16,21)17-8-19)13(20)11-6-4-3-5-7-11/h3-7,12,21H,1-2H3. The molecule has 0 fully saturated rings. The molecular weight excluding hydrogens is 324 g/mol. The number of aliphatic hydroxyl groups is 1. The van der Waals surface area contributed by atoms with Gasteiger partial charge in [0.2, 0.25) is 6.08 Å². The Morgan fingerprint density at radius 3 is 2.55 bits per heavy atom. The molecule has 0 aliphatic rings. The maximum atomic E-state index is 12.7. The Morgan fingerprint density at radius 2 is 2.05 bits per heavy atom. The average Bonchev–Trinajstić information content (AvgIpc) is 2.78. The predicted octanol–water partition coefficient (Wildman–Crippen LogP) is 2.95. The SMILES string of the molecule is Cc1nc(C(C(=O)c2ccccc2)C(O)(Cl)N=C=O)sc1C. The zero-order valence-corrected chi connectivity index (χ0v) is 13.5. The van der Waals surface area contributed by atoms with Gasteiger partial charge >= 0.3 is 0 Å². The lowest BCUT2D eigenvalue weighted by Crippen LogP contribution is -2.33. The van der Waals surface area contributed by atoms with Crippen molar-refractivity contribution in [2.75, 3.05) is 0 Å². The minimum Gasteiger partial charge on any atom is -0.356 e. The van der Waals surface area contributed by atoms with Gasteiger partial charge in [0, 0.05) is 10.4 Å². The van der Waals surface area contributed by atoms with Gasteiger partial charge in [0.25, 0.3) is 5.18 Å². The number of benzene rings is 1. The van der Waals surface area contributed by atoms with E-state index in [1.807, 2.05) is 6.92 Å². The predicted molar refractivity (Wildman–Crippen MR) is 84.0 cm³/mol. The molecule has 5 nitrogen and oxygen atoms in total. The number of rotatable bonds is 5. The summed E-state index contributed by atoms with van der Waals surface area (Å²) in [5.41, 5.74) is 1.08. The van der Waals surface area contributed by atoms with Gasteiger partial charge in [-0.2, -0.15) is 4.99 Å². The first-order valence-corrected chi connectivity index (χ1v) is 7.59. The fraction of sp³-hybridized carbons (Fsp3) is 0.267. The van der Waals surface area contributed by atoms with Crippen molar-refractivity contribution in [2.45, 2.75) is 24.9 Å². The van der Waals surface area contributed by atoms with Crippen LogP contribution in [0.4, 0.5) is 0 Å². The summed E-state index contributed by atoms with van der Waals surface area (Å²) >= 11 is 7.15. The number of carbonyl (C=O) groups excluding carboxylic acids is 2. The van der Waals surface area contributed by atoms with Crippen molar-refractivity contribution in [1.29, 1.82) is 0 Å². The van der Waals surface area contributed by atoms with Gasteiger partial charge in [-0.25, -0.2) is 9.78 Å². The van der Waals surface area contributed by atoms with Crippen LogP contribution in [0.2, 0.25) is 0 Å². The fourth-order valence-corrected chi connectivity index (χ4v) is 3.34. The number of isocyanates is 1. The molecule has 0 saturated heterocycles. The lowest BCUT2D eigenvalue weighted by molar-refractivity contribution is 0.0717. The van der Waals surface area contributed by atoms with E-state index in [0.717, 1.165) is 10.6 Å². The molecule has 1 heterocycles. The van der Waals surface area contributed by atoms with Crippen molar-refractivity contribution >= 4 is 34.8 Å². The number of hydrogen-bond acceptors (Lipinski definition) is 6. The van der Waals surface area contributed by atoms with E-state index in [-0.39, 0.29) is 0 Å². The van der Waals surface area contributed by atoms with E-state index in [9.17, 15) is 14.7 Å². The van der Waals surface area contributed by atoms with Gasteiger partial charge < -0.3 is 5.11 Å². The topological polar surface area (TPSA) is 79.6 Å². The Bertz CT molecular complexity index is 717. The number of aryl methyl sites for hydroxylation is 2. The minimum absolute atomic E-state index is 0.306. The monoisotopic (exact) mass is 336 g/mol. The maximum Gasteiger partial charge on any atom is 0.262 e. The third-order valence-corrected chi connectivity index (χ3v) is 4.62. The van der Waals surface area contributed by atoms with Gasteiger partial charge in [0.1, 0.15) is 10.9 Å². The maximum absolute atomic E-state index is 12.7. The Balaban J connectivity index is 2.55. The summed E-state index contributed by atoms with van der Waals surface area (Å²) in [6.07, 6.45) is 1.20. The number of thiazole rings is 1. The first kappa shape index (κ1) is 16.5. The Kier molecular flexibility index (Phi) is 4.88. The smallest absolute Gasteiger partial charge is 0.262 e. The molecule has 2 aromatic rings. The molecular formula is C15H13ClN2O3S. The zero-order valence-electron chi connectivity index (χ0n) is 11.9. The van der Waals surface area contributed by atoms with Crippen LogP contribution in [0.15, 0.2) is 35.3 Å². The second-order valence-corrected chi connectivity index (χ2v) is 6.49. The highest BCUT2D eigenvalue weighted by atomic mass is 35.5. The van der Waals surface area contributed by atoms with Crippen LogP contribution in [0.25, 0.3) is 0 Å². The molecule has 0 aliphatic heterocycles. The van der Waals surface area contributed by atoms with Crippen molar-refractivity contribution in [3.63, 3.8) is 0 Å². The molecule has 0 amide bonds. The summed E-state index contributed by atoms with van der Waals surface area (Å²) in [6.45, 7) is 3.63. The third-order valence-electron chi connectivity index (χ3n) is 3.18. The van der Waals surface area contributed by atoms with Gasteiger partial charge in [-0.05, 0) is 13.8 Å². The van der Waals surface area contributed by atoms with Crippen molar-refractivity contribution < 1.29 is 14.7 Å². The van der Waals surface area contributed by atoms with E-state index in [1.165, 1.54) is 17.4 Å². The third kappa shape index (κ3) is 3.31. The number of aromatic nitrogens is 1. The van der Waals surface area contributed by atoms with Gasteiger partial charge in [0.05, 0.1) is 5.69 Å². The molecule has 1 aromatic heterocycles.